The van der Waals surface area contributed by atoms with Crippen molar-refractivity contribution in [2.45, 2.75) is 13.8 Å². The van der Waals surface area contributed by atoms with Crippen molar-refractivity contribution in [2.75, 3.05) is 14.1 Å². The number of allylic oxidation sites excluding steroid dienone is 1. The van der Waals surface area contributed by atoms with Crippen molar-refractivity contribution in [3.8, 4) is 0 Å². The molecule has 0 aliphatic carbocycles. The van der Waals surface area contributed by atoms with E-state index in [9.17, 15) is 4.79 Å². The minimum absolute atomic E-state index is 0. The van der Waals surface area contributed by atoms with Crippen LogP contribution in [-0.2, 0) is 37.5 Å². The molecular weight excluding hydrogens is 217 g/mol. The van der Waals surface area contributed by atoms with Crippen molar-refractivity contribution in [1.82, 2.24) is 0 Å². The van der Waals surface area contributed by atoms with Crippen LogP contribution in [0.4, 0.5) is 0 Å². The van der Waals surface area contributed by atoms with Gasteiger partial charge in [-0.2, -0.15) is 14.1 Å². The van der Waals surface area contributed by atoms with Gasteiger partial charge in [0.1, 0.15) is 0 Å². The molecule has 0 aromatic rings. The summed E-state index contributed by atoms with van der Waals surface area (Å²) in [6.07, 6.45) is 1.62. The fourth-order valence-corrected chi connectivity index (χ4v) is 0.131. The molecule has 0 aliphatic rings. The Morgan fingerprint density at radius 2 is 1.73 bits per heavy atom. The molecule has 1 N–H and O–H groups in total. The molecule has 0 radical (unpaired) electrons. The quantitative estimate of drug-likeness (QED) is 0.638. The molecular formula is C7H14N2OY+. The molecule has 3 nitrogen and oxygen atoms in total. The van der Waals surface area contributed by atoms with E-state index in [1.807, 2.05) is 0 Å². The Kier molecular flexibility index (Phi) is 20.4. The molecule has 0 aliphatic heterocycles. The van der Waals surface area contributed by atoms with Crippen LogP contribution in [0.1, 0.15) is 13.8 Å². The van der Waals surface area contributed by atoms with Gasteiger partial charge in [-0.15, -0.1) is 0 Å². The van der Waals surface area contributed by atoms with Gasteiger partial charge in [0.05, 0.1) is 5.91 Å². The topological polar surface area (TPSA) is 55.0 Å². The Balaban J connectivity index is -0.000000140. The molecule has 60 valence electrons. The zero-order valence-corrected chi connectivity index (χ0v) is 10.3. The van der Waals surface area contributed by atoms with Gasteiger partial charge in [-0.25, -0.2) is 0 Å². The van der Waals surface area contributed by atoms with E-state index in [2.05, 4.69) is 5.32 Å². The van der Waals surface area contributed by atoms with Crippen molar-refractivity contribution in [1.29, 1.82) is 0 Å². The van der Waals surface area contributed by atoms with Crippen LogP contribution in [-0.4, -0.2) is 20.0 Å². The fraction of sp³-hybridized carbons (Fsp3) is 0.571. The van der Waals surface area contributed by atoms with E-state index in [0.29, 0.717) is 5.57 Å². The van der Waals surface area contributed by atoms with Gasteiger partial charge in [0.15, 0.2) is 0 Å². The summed E-state index contributed by atoms with van der Waals surface area (Å²) in [5.41, 5.74) is 6.98. The van der Waals surface area contributed by atoms with Gasteiger partial charge in [0.2, 0.25) is 0 Å². The predicted molar refractivity (Wildman–Crippen MR) is 44.0 cm³/mol. The summed E-state index contributed by atoms with van der Waals surface area (Å²) in [6.45, 7) is 3.36. The van der Waals surface area contributed by atoms with E-state index in [1.54, 1.807) is 34.0 Å². The third-order valence-corrected chi connectivity index (χ3v) is 0.791. The number of carbonyl (C=O) groups excluding carboxylic acids is 1. The van der Waals surface area contributed by atoms with Crippen LogP contribution in [0.5, 0.6) is 0 Å². The minimum atomic E-state index is -0.595. The summed E-state index contributed by atoms with van der Waals surface area (Å²) in [4.78, 5) is 9.97. The molecule has 0 rings (SSSR count). The first-order chi connectivity index (χ1) is 4.59. The first-order valence-corrected chi connectivity index (χ1v) is 2.96. The zero-order valence-electron chi connectivity index (χ0n) is 7.51. The average Bonchev–Trinajstić information content (AvgIpc) is 1.88. The molecule has 0 bridgehead atoms. The number of nitrogens with one attached hydrogen (secondary N) is 1. The molecule has 0 unspecified atom stereocenters. The van der Waals surface area contributed by atoms with Crippen LogP contribution in [0.2, 0.25) is 0 Å². The maximum absolute atomic E-state index is 9.97. The van der Waals surface area contributed by atoms with Crippen molar-refractivity contribution in [3.05, 3.63) is 22.7 Å². The molecule has 0 saturated carbocycles. The second kappa shape index (κ2) is 12.9. The molecule has 0 aromatic carbocycles. The monoisotopic (exact) mass is 231 g/mol. The number of carbonyl (C=O) groups is 1. The van der Waals surface area contributed by atoms with Crippen LogP contribution in [0.15, 0.2) is 11.6 Å². The Morgan fingerprint density at radius 1 is 1.45 bits per heavy atom. The van der Waals surface area contributed by atoms with Gasteiger partial charge in [-0.3, -0.25) is 0 Å². The third-order valence-electron chi connectivity index (χ3n) is 0.791. The van der Waals surface area contributed by atoms with Crippen molar-refractivity contribution in [3.63, 3.8) is 0 Å². The third kappa shape index (κ3) is 17.9. The van der Waals surface area contributed by atoms with Crippen molar-refractivity contribution < 1.29 is 37.5 Å². The van der Waals surface area contributed by atoms with E-state index in [-0.39, 0.29) is 32.7 Å². The second-order valence-electron chi connectivity index (χ2n) is 1.75. The molecule has 0 aromatic heterocycles. The number of nitrogens with zero attached hydrogens (tertiary/aromatic N) is 1. The molecule has 0 atom stereocenters. The van der Waals surface area contributed by atoms with Gasteiger partial charge in [0, 0.05) is 0 Å². The predicted octanol–water partition coefficient (Wildman–Crippen LogP) is 2.15. The smallest absolute Gasteiger partial charge is 0.668 e. The molecule has 1 amide bonds. The van der Waals surface area contributed by atoms with Crippen LogP contribution < -0.4 is 0 Å². The van der Waals surface area contributed by atoms with Gasteiger partial charge in [-0.1, -0.05) is 6.08 Å². The zero-order chi connectivity index (χ0) is 8.57. The molecule has 0 fully saturated rings. The number of hydrogen-bond acceptors (Lipinski definition) is 1. The maximum atomic E-state index is 9.97. The summed E-state index contributed by atoms with van der Waals surface area (Å²) < 4.78 is 0. The summed E-state index contributed by atoms with van der Waals surface area (Å²) in [5, 5.41) is 3.50. The first-order valence-electron chi connectivity index (χ1n) is 2.96. The van der Waals surface area contributed by atoms with E-state index < -0.39 is 5.91 Å². The molecule has 0 heterocycles. The van der Waals surface area contributed by atoms with Gasteiger partial charge < -0.3 is 15.8 Å². The summed E-state index contributed by atoms with van der Waals surface area (Å²) in [5.74, 6) is -0.595. The van der Waals surface area contributed by atoms with Gasteiger partial charge >= 0.3 is 32.7 Å². The van der Waals surface area contributed by atoms with E-state index in [0.717, 1.165) is 0 Å². The second-order valence-corrected chi connectivity index (χ2v) is 1.75. The average molecular weight is 231 g/mol. The largest absolute Gasteiger partial charge is 3.00 e. The van der Waals surface area contributed by atoms with Crippen molar-refractivity contribution >= 4 is 5.91 Å². The van der Waals surface area contributed by atoms with Crippen molar-refractivity contribution in [2.24, 2.45) is 0 Å². The Hall–Kier alpha value is 0.274. The number of rotatable bonds is 1. The number of amides is 1. The fourth-order valence-electron chi connectivity index (χ4n) is 0.131. The van der Waals surface area contributed by atoms with Gasteiger partial charge in [0.25, 0.3) is 0 Å². The normalized spacial score (nSPS) is 8.91. The van der Waals surface area contributed by atoms with Crippen LogP contribution in [0.3, 0.4) is 0 Å². The Bertz CT molecular complexity index is 124. The summed E-state index contributed by atoms with van der Waals surface area (Å²) >= 11 is 0. The summed E-state index contributed by atoms with van der Waals surface area (Å²) in [6, 6.07) is 0. The minimum Gasteiger partial charge on any atom is -0.668 e. The molecule has 0 saturated heterocycles. The Morgan fingerprint density at radius 3 is 1.73 bits per heavy atom. The van der Waals surface area contributed by atoms with E-state index >= 15 is 0 Å². The first kappa shape index (κ1) is 17.4. The van der Waals surface area contributed by atoms with Crippen LogP contribution in [0.25, 0.3) is 11.1 Å². The standard InChI is InChI=1S/C5H9NO.C2H6N.Y/c1-3-4(2)5(6)7;1-3-2;/h3H,1-2H3,(H2,6,7);1-2H3;/q;-1;+3/p-1/b4-3+;;. The van der Waals surface area contributed by atoms with Crippen LogP contribution in [0, 0.1) is 0 Å². The van der Waals surface area contributed by atoms with Gasteiger partial charge in [-0.05, 0) is 19.4 Å². The maximum Gasteiger partial charge on any atom is 3.00 e. The molecule has 4 heteroatoms. The SMILES string of the molecule is C/C=C(\C)C([NH-])=O.C[N-]C.[Y+3]. The number of hydrogen-bond donors (Lipinski definition) is 0. The van der Waals surface area contributed by atoms with Crippen LogP contribution >= 0.6 is 0 Å². The van der Waals surface area contributed by atoms with E-state index in [4.69, 9.17) is 5.73 Å². The molecule has 0 spiro atoms. The van der Waals surface area contributed by atoms with E-state index in [1.165, 1.54) is 0 Å². The Labute approximate surface area is 93.7 Å². The summed E-state index contributed by atoms with van der Waals surface area (Å²) in [7, 11) is 3.50. The molecule has 11 heavy (non-hydrogen) atoms.